The topological polar surface area (TPSA) is 32.3 Å². The first-order valence-corrected chi connectivity index (χ1v) is 4.53. The van der Waals surface area contributed by atoms with Gasteiger partial charge >= 0.3 is 0 Å². The first kappa shape index (κ1) is 10.1. The average Bonchev–Trinajstić information content (AvgIpc) is 2.10. The third-order valence-electron chi connectivity index (χ3n) is 2.37. The summed E-state index contributed by atoms with van der Waals surface area (Å²) in [6.07, 6.45) is 0. The van der Waals surface area contributed by atoms with Crippen molar-refractivity contribution in [3.8, 4) is 5.75 Å². The fourth-order valence-electron chi connectivity index (χ4n) is 1.48. The van der Waals surface area contributed by atoms with E-state index in [0.717, 1.165) is 11.1 Å². The minimum atomic E-state index is 0.193. The third-order valence-corrected chi connectivity index (χ3v) is 2.37. The first-order valence-electron chi connectivity index (χ1n) is 4.53. The molecule has 0 saturated heterocycles. The lowest BCUT2D eigenvalue weighted by molar-refractivity contribution is 0.453. The van der Waals surface area contributed by atoms with Crippen molar-refractivity contribution < 1.29 is 5.11 Å². The van der Waals surface area contributed by atoms with E-state index in [4.69, 9.17) is 0 Å². The predicted octanol–water partition coefficient (Wildman–Crippen LogP) is 2.29. The number of hydrogen-bond acceptors (Lipinski definition) is 2. The summed E-state index contributed by atoms with van der Waals surface area (Å²) in [5.74, 6) is 0.410. The van der Waals surface area contributed by atoms with Gasteiger partial charge in [0.15, 0.2) is 0 Å². The molecule has 2 heteroatoms. The van der Waals surface area contributed by atoms with Crippen LogP contribution in [0.1, 0.15) is 29.7 Å². The second kappa shape index (κ2) is 3.79. The summed E-state index contributed by atoms with van der Waals surface area (Å²) in [6.45, 7) is 6.00. The van der Waals surface area contributed by atoms with Crippen LogP contribution in [0.2, 0.25) is 0 Å². The van der Waals surface area contributed by atoms with E-state index in [1.807, 2.05) is 40.0 Å². The molecule has 0 bridgehead atoms. The summed E-state index contributed by atoms with van der Waals surface area (Å²) in [4.78, 5) is 0. The zero-order chi connectivity index (χ0) is 10.0. The Kier molecular flexibility index (Phi) is 2.94. The monoisotopic (exact) mass is 179 g/mol. The van der Waals surface area contributed by atoms with Gasteiger partial charge in [0, 0.05) is 11.6 Å². The van der Waals surface area contributed by atoms with Gasteiger partial charge in [0.2, 0.25) is 0 Å². The third kappa shape index (κ3) is 2.01. The molecule has 0 spiro atoms. The highest BCUT2D eigenvalue weighted by Crippen LogP contribution is 2.28. The summed E-state index contributed by atoms with van der Waals surface area (Å²) in [5, 5.41) is 12.9. The van der Waals surface area contributed by atoms with Crippen LogP contribution in [0.25, 0.3) is 0 Å². The van der Waals surface area contributed by atoms with Gasteiger partial charge in [-0.05, 0) is 33.4 Å². The second-order valence-corrected chi connectivity index (χ2v) is 3.53. The smallest absolute Gasteiger partial charge is 0.123 e. The Bertz CT molecular complexity index is 307. The highest BCUT2D eigenvalue weighted by Gasteiger charge is 2.10. The Labute approximate surface area is 79.6 Å². The van der Waals surface area contributed by atoms with Gasteiger partial charge in [-0.15, -0.1) is 0 Å². The fraction of sp³-hybridized carbons (Fsp3) is 0.455. The van der Waals surface area contributed by atoms with Crippen LogP contribution in [-0.2, 0) is 0 Å². The van der Waals surface area contributed by atoms with Gasteiger partial charge in [-0.2, -0.15) is 0 Å². The molecular formula is C11H17NO. The number of phenolic OH excluding ortho intramolecular Hbond substituents is 1. The lowest BCUT2D eigenvalue weighted by Crippen LogP contribution is -2.12. The minimum absolute atomic E-state index is 0.193. The minimum Gasteiger partial charge on any atom is -0.507 e. The standard InChI is InChI=1S/C11H17NO/c1-7-5-8(2)11(13)10(6-7)9(3)12-4/h5-6,9,12-13H,1-4H3. The zero-order valence-corrected chi connectivity index (χ0v) is 8.68. The van der Waals surface area contributed by atoms with Crippen molar-refractivity contribution in [1.29, 1.82) is 0 Å². The summed E-state index contributed by atoms with van der Waals surface area (Å²) >= 11 is 0. The number of nitrogens with one attached hydrogen (secondary N) is 1. The molecule has 1 aromatic carbocycles. The summed E-state index contributed by atoms with van der Waals surface area (Å²) in [7, 11) is 1.89. The molecule has 2 nitrogen and oxygen atoms in total. The van der Waals surface area contributed by atoms with E-state index in [9.17, 15) is 5.11 Å². The van der Waals surface area contributed by atoms with Gasteiger partial charge in [0.25, 0.3) is 0 Å². The van der Waals surface area contributed by atoms with Crippen LogP contribution in [-0.4, -0.2) is 12.2 Å². The van der Waals surface area contributed by atoms with Crippen LogP contribution in [0.3, 0.4) is 0 Å². The normalized spacial score (nSPS) is 12.9. The van der Waals surface area contributed by atoms with Crippen molar-refractivity contribution in [3.05, 3.63) is 28.8 Å². The van der Waals surface area contributed by atoms with E-state index in [2.05, 4.69) is 5.32 Å². The van der Waals surface area contributed by atoms with Crippen LogP contribution >= 0.6 is 0 Å². The molecule has 72 valence electrons. The summed E-state index contributed by atoms with van der Waals surface area (Å²) < 4.78 is 0. The number of benzene rings is 1. The van der Waals surface area contributed by atoms with Gasteiger partial charge in [0.05, 0.1) is 0 Å². The molecule has 0 fully saturated rings. The number of aryl methyl sites for hydroxylation is 2. The molecule has 2 N–H and O–H groups in total. The quantitative estimate of drug-likeness (QED) is 0.730. The molecule has 1 unspecified atom stereocenters. The van der Waals surface area contributed by atoms with Crippen molar-refractivity contribution in [1.82, 2.24) is 5.32 Å². The zero-order valence-electron chi connectivity index (χ0n) is 8.68. The molecule has 13 heavy (non-hydrogen) atoms. The van der Waals surface area contributed by atoms with Crippen molar-refractivity contribution in [2.75, 3.05) is 7.05 Å². The maximum Gasteiger partial charge on any atom is 0.123 e. The van der Waals surface area contributed by atoms with Crippen molar-refractivity contribution in [2.24, 2.45) is 0 Å². The Hall–Kier alpha value is -1.02. The Balaban J connectivity index is 3.20. The molecule has 0 aliphatic carbocycles. The highest BCUT2D eigenvalue weighted by atomic mass is 16.3. The van der Waals surface area contributed by atoms with E-state index >= 15 is 0 Å². The van der Waals surface area contributed by atoms with Crippen LogP contribution in [0, 0.1) is 13.8 Å². The molecule has 1 atom stereocenters. The van der Waals surface area contributed by atoms with Crippen molar-refractivity contribution in [3.63, 3.8) is 0 Å². The molecule has 0 saturated carbocycles. The molecule has 0 aliphatic heterocycles. The van der Waals surface area contributed by atoms with E-state index < -0.39 is 0 Å². The van der Waals surface area contributed by atoms with Gasteiger partial charge in [-0.1, -0.05) is 17.7 Å². The second-order valence-electron chi connectivity index (χ2n) is 3.53. The lowest BCUT2D eigenvalue weighted by Gasteiger charge is -2.14. The molecular weight excluding hydrogens is 162 g/mol. The average molecular weight is 179 g/mol. The molecule has 0 heterocycles. The van der Waals surface area contributed by atoms with Gasteiger partial charge in [-0.3, -0.25) is 0 Å². The van der Waals surface area contributed by atoms with Crippen LogP contribution in [0.15, 0.2) is 12.1 Å². The highest BCUT2D eigenvalue weighted by molar-refractivity contribution is 5.44. The van der Waals surface area contributed by atoms with Gasteiger partial charge in [-0.25, -0.2) is 0 Å². The van der Waals surface area contributed by atoms with E-state index in [1.54, 1.807) is 0 Å². The molecule has 1 aromatic rings. The fourth-order valence-corrected chi connectivity index (χ4v) is 1.48. The molecule has 0 aliphatic rings. The van der Waals surface area contributed by atoms with E-state index in [1.165, 1.54) is 5.56 Å². The van der Waals surface area contributed by atoms with E-state index in [0.29, 0.717) is 5.75 Å². The Morgan fingerprint density at radius 3 is 2.46 bits per heavy atom. The molecule has 0 aromatic heterocycles. The van der Waals surface area contributed by atoms with Gasteiger partial charge in [0.1, 0.15) is 5.75 Å². The first-order chi connectivity index (χ1) is 6.06. The van der Waals surface area contributed by atoms with Crippen molar-refractivity contribution in [2.45, 2.75) is 26.8 Å². The SMILES string of the molecule is CNC(C)c1cc(C)cc(C)c1O. The molecule has 1 rings (SSSR count). The lowest BCUT2D eigenvalue weighted by atomic mass is 10.0. The summed E-state index contributed by atoms with van der Waals surface area (Å²) in [5.41, 5.74) is 3.10. The Morgan fingerprint density at radius 1 is 1.31 bits per heavy atom. The largest absolute Gasteiger partial charge is 0.507 e. The number of hydrogen-bond donors (Lipinski definition) is 2. The Morgan fingerprint density at radius 2 is 1.92 bits per heavy atom. The van der Waals surface area contributed by atoms with Crippen LogP contribution in [0.5, 0.6) is 5.75 Å². The van der Waals surface area contributed by atoms with E-state index in [-0.39, 0.29) is 6.04 Å². The molecule has 0 radical (unpaired) electrons. The van der Waals surface area contributed by atoms with Crippen LogP contribution in [0.4, 0.5) is 0 Å². The maximum atomic E-state index is 9.78. The summed E-state index contributed by atoms with van der Waals surface area (Å²) in [6, 6.07) is 4.20. The number of aromatic hydroxyl groups is 1. The van der Waals surface area contributed by atoms with Crippen LogP contribution < -0.4 is 5.32 Å². The number of rotatable bonds is 2. The van der Waals surface area contributed by atoms with Gasteiger partial charge < -0.3 is 10.4 Å². The molecule has 0 amide bonds. The maximum absolute atomic E-state index is 9.78. The number of phenols is 1. The van der Waals surface area contributed by atoms with Crippen molar-refractivity contribution >= 4 is 0 Å². The predicted molar refractivity (Wildman–Crippen MR) is 55.1 cm³/mol.